The lowest BCUT2D eigenvalue weighted by Gasteiger charge is -2.27. The van der Waals surface area contributed by atoms with E-state index in [1.807, 2.05) is 50.2 Å². The minimum atomic E-state index is -0.991. The van der Waals surface area contributed by atoms with Crippen molar-refractivity contribution in [1.82, 2.24) is 10.6 Å². The molecule has 0 aliphatic carbocycles. The number of carbonyl (C=O) groups is 3. The smallest absolute Gasteiger partial charge is 0.251 e. The van der Waals surface area contributed by atoms with Gasteiger partial charge in [0.2, 0.25) is 11.8 Å². The maximum absolute atomic E-state index is 14.0. The number of rotatable bonds is 7. The number of anilines is 2. The zero-order chi connectivity index (χ0) is 28.5. The number of hydrogen-bond donors (Lipinski definition) is 2. The molecule has 1 atom stereocenters. The molecule has 39 heavy (non-hydrogen) atoms. The summed E-state index contributed by atoms with van der Waals surface area (Å²) in [4.78, 5) is 42.7. The Morgan fingerprint density at radius 3 is 2.51 bits per heavy atom. The van der Waals surface area contributed by atoms with E-state index in [0.29, 0.717) is 22.7 Å². The molecule has 1 heterocycles. The molecule has 1 aliphatic rings. The van der Waals surface area contributed by atoms with Crippen LogP contribution in [-0.4, -0.2) is 51.0 Å². The molecule has 0 fully saturated rings. The van der Waals surface area contributed by atoms with E-state index in [-0.39, 0.29) is 43.8 Å². The van der Waals surface area contributed by atoms with Gasteiger partial charge in [-0.05, 0) is 42.1 Å². The number of benzene rings is 3. The molecule has 3 aromatic rings. The lowest BCUT2D eigenvalue weighted by Crippen LogP contribution is -2.54. The predicted octanol–water partition coefficient (Wildman–Crippen LogP) is 3.74. The van der Waals surface area contributed by atoms with Crippen molar-refractivity contribution in [2.24, 2.45) is 0 Å². The summed E-state index contributed by atoms with van der Waals surface area (Å²) in [6.45, 7) is 5.84. The van der Waals surface area contributed by atoms with Gasteiger partial charge in [0, 0.05) is 12.0 Å². The third-order valence-electron chi connectivity index (χ3n) is 6.43. The zero-order valence-electron chi connectivity index (χ0n) is 23.1. The summed E-state index contributed by atoms with van der Waals surface area (Å²) in [5.74, 6) is -0.335. The van der Waals surface area contributed by atoms with Gasteiger partial charge in [-0.2, -0.15) is 5.26 Å². The van der Waals surface area contributed by atoms with Gasteiger partial charge in [0.1, 0.15) is 11.8 Å². The van der Waals surface area contributed by atoms with E-state index in [4.69, 9.17) is 4.74 Å². The summed E-state index contributed by atoms with van der Waals surface area (Å²) < 4.78 is 5.66. The van der Waals surface area contributed by atoms with Crippen LogP contribution in [0.4, 0.5) is 11.4 Å². The lowest BCUT2D eigenvalue weighted by atomic mass is 10.0. The number of likely N-dealkylation sites (N-methyl/N-ethyl adjacent to an activating group) is 1. The second-order valence-corrected chi connectivity index (χ2v) is 8.72. The lowest BCUT2D eigenvalue weighted by molar-refractivity contribution is -0.127. The van der Waals surface area contributed by atoms with Crippen molar-refractivity contribution in [2.75, 3.05) is 37.0 Å². The first kappa shape index (κ1) is 29.1. The van der Waals surface area contributed by atoms with Crippen molar-refractivity contribution in [3.63, 3.8) is 0 Å². The number of carbonyl (C=O) groups excluding carboxylic acids is 3. The number of nitrogens with zero attached hydrogens (tertiary/aromatic N) is 3. The highest BCUT2D eigenvalue weighted by molar-refractivity contribution is 6.08. The summed E-state index contributed by atoms with van der Waals surface area (Å²) in [5.41, 5.74) is 2.08. The second-order valence-electron chi connectivity index (χ2n) is 8.72. The summed E-state index contributed by atoms with van der Waals surface area (Å²) in [7, 11) is 3.22. The number of hydrogen-bond acceptors (Lipinski definition) is 6. The van der Waals surface area contributed by atoms with Crippen LogP contribution < -0.4 is 25.2 Å². The van der Waals surface area contributed by atoms with E-state index in [1.54, 1.807) is 44.2 Å². The van der Waals surface area contributed by atoms with Crippen LogP contribution in [0.5, 0.6) is 5.75 Å². The van der Waals surface area contributed by atoms with Crippen molar-refractivity contribution in [1.29, 1.82) is 5.26 Å². The van der Waals surface area contributed by atoms with E-state index in [2.05, 4.69) is 16.7 Å². The van der Waals surface area contributed by atoms with E-state index >= 15 is 0 Å². The van der Waals surface area contributed by atoms with Crippen LogP contribution in [0.25, 0.3) is 10.8 Å². The van der Waals surface area contributed by atoms with Crippen LogP contribution in [0.15, 0.2) is 54.6 Å². The van der Waals surface area contributed by atoms with Gasteiger partial charge in [0.25, 0.3) is 5.91 Å². The Bertz CT molecular complexity index is 1400. The van der Waals surface area contributed by atoms with Gasteiger partial charge in [-0.3, -0.25) is 14.4 Å². The molecule has 0 spiro atoms. The molecular formula is C30H35N5O4. The quantitative estimate of drug-likeness (QED) is 0.482. The average molecular weight is 530 g/mol. The monoisotopic (exact) mass is 529 g/mol. The molecule has 3 aromatic carbocycles. The summed E-state index contributed by atoms with van der Waals surface area (Å²) >= 11 is 0. The molecular weight excluding hydrogens is 494 g/mol. The zero-order valence-corrected chi connectivity index (χ0v) is 23.1. The van der Waals surface area contributed by atoms with E-state index in [9.17, 15) is 19.6 Å². The molecule has 0 saturated heterocycles. The predicted molar refractivity (Wildman–Crippen MR) is 153 cm³/mol. The van der Waals surface area contributed by atoms with Gasteiger partial charge in [0.15, 0.2) is 0 Å². The van der Waals surface area contributed by atoms with Crippen molar-refractivity contribution < 1.29 is 19.1 Å². The highest BCUT2D eigenvalue weighted by atomic mass is 16.5. The van der Waals surface area contributed by atoms with Gasteiger partial charge >= 0.3 is 0 Å². The Balaban J connectivity index is 0.00000205. The van der Waals surface area contributed by atoms with Gasteiger partial charge in [-0.1, -0.05) is 51.1 Å². The second kappa shape index (κ2) is 13.4. The van der Waals surface area contributed by atoms with Crippen molar-refractivity contribution in [2.45, 2.75) is 39.8 Å². The molecule has 2 N–H and O–H groups in total. The number of amides is 3. The van der Waals surface area contributed by atoms with Crippen LogP contribution >= 0.6 is 0 Å². The van der Waals surface area contributed by atoms with Gasteiger partial charge in [0.05, 0.1) is 49.8 Å². The van der Waals surface area contributed by atoms with Gasteiger partial charge in [-0.25, -0.2) is 0 Å². The third kappa shape index (κ3) is 6.19. The molecule has 204 valence electrons. The molecule has 9 heteroatoms. The molecule has 1 aliphatic heterocycles. The first-order valence-corrected chi connectivity index (χ1v) is 13.1. The Kier molecular flexibility index (Phi) is 10.0. The fraction of sp³-hybridized carbons (Fsp3) is 0.333. The van der Waals surface area contributed by atoms with Crippen LogP contribution in [0, 0.1) is 11.3 Å². The molecule has 4 rings (SSSR count). The van der Waals surface area contributed by atoms with E-state index < -0.39 is 6.04 Å². The first-order valence-electron chi connectivity index (χ1n) is 13.1. The Morgan fingerprint density at radius 1 is 1.10 bits per heavy atom. The van der Waals surface area contributed by atoms with Crippen LogP contribution in [0.2, 0.25) is 0 Å². The molecule has 0 saturated carbocycles. The summed E-state index contributed by atoms with van der Waals surface area (Å²) in [5, 5.41) is 17.0. The Hall–Kier alpha value is -4.42. The summed E-state index contributed by atoms with van der Waals surface area (Å²) in [6.07, 6.45) is 0.193. The van der Waals surface area contributed by atoms with E-state index in [0.717, 1.165) is 16.3 Å². The Morgan fingerprint density at radius 2 is 1.85 bits per heavy atom. The maximum atomic E-state index is 14.0. The molecule has 0 radical (unpaired) electrons. The minimum absolute atomic E-state index is 0.0220. The molecule has 0 aromatic heterocycles. The molecule has 3 amide bonds. The number of nitriles is 1. The highest BCUT2D eigenvalue weighted by Crippen LogP contribution is 2.38. The minimum Gasteiger partial charge on any atom is -0.496 e. The number of methoxy groups -OCH3 is 1. The van der Waals surface area contributed by atoms with E-state index in [1.165, 1.54) is 4.90 Å². The van der Waals surface area contributed by atoms with Crippen molar-refractivity contribution >= 4 is 39.9 Å². The Labute approximate surface area is 229 Å². The van der Waals surface area contributed by atoms with Gasteiger partial charge < -0.3 is 25.2 Å². The van der Waals surface area contributed by atoms with Crippen LogP contribution in [-0.2, 0) is 20.9 Å². The fourth-order valence-electron chi connectivity index (χ4n) is 4.64. The van der Waals surface area contributed by atoms with Gasteiger partial charge in [-0.15, -0.1) is 0 Å². The average Bonchev–Trinajstić information content (AvgIpc) is 3.08. The number of nitrogens with one attached hydrogen (secondary N) is 2. The molecule has 9 nitrogen and oxygen atoms in total. The fourth-order valence-corrected chi connectivity index (χ4v) is 4.64. The third-order valence-corrected chi connectivity index (χ3v) is 6.43. The number of fused-ring (bicyclic) bond motifs is 2. The normalized spacial score (nSPS) is 14.5. The molecule has 0 bridgehead atoms. The highest BCUT2D eigenvalue weighted by Gasteiger charge is 2.37. The number of ether oxygens (including phenoxy) is 1. The van der Waals surface area contributed by atoms with Crippen LogP contribution in [0.1, 0.15) is 38.3 Å². The standard InChI is InChI=1S/C28H29N5O4.C2H6/c1-4-27(35)32-17-22(31-26(34)15-30-2)28(36)33(23-11-9-18(14-29)13-24(23)32)16-21-20-8-6-5-7-19(20)10-12-25(21)37-3;1-2/h5-13,22,30H,4,15-17H2,1-3H3,(H,31,34);1-2H3. The maximum Gasteiger partial charge on any atom is 0.251 e. The largest absolute Gasteiger partial charge is 0.496 e. The SMILES string of the molecule is CC.CCC(=O)N1CC(NC(=O)CNC)C(=O)N(Cc2c(OC)ccc3ccccc23)c2ccc(C#N)cc21. The van der Waals surface area contributed by atoms with Crippen LogP contribution in [0.3, 0.4) is 0 Å². The van der Waals surface area contributed by atoms with Crippen molar-refractivity contribution in [3.8, 4) is 11.8 Å². The first-order chi connectivity index (χ1) is 18.9. The molecule has 1 unspecified atom stereocenters. The van der Waals surface area contributed by atoms with Crippen molar-refractivity contribution in [3.05, 3.63) is 65.7 Å². The summed E-state index contributed by atoms with van der Waals surface area (Å²) in [6, 6.07) is 17.7. The topological polar surface area (TPSA) is 115 Å².